The van der Waals surface area contributed by atoms with Crippen molar-refractivity contribution in [3.8, 4) is 0 Å². The average molecular weight is 341 g/mol. The third-order valence-electron chi connectivity index (χ3n) is 5.94. The highest BCUT2D eigenvalue weighted by molar-refractivity contribution is 6.07. The Balaban J connectivity index is 1.65. The van der Waals surface area contributed by atoms with E-state index in [4.69, 9.17) is 0 Å². The first-order chi connectivity index (χ1) is 12.0. The standard InChI is InChI=1S/C20H27N3O2/c1-14(2)13-22-19(25)23(18(24)20(22)7-9-21-10-8-20)17-11-15-5-3-4-6-16(15)12-17/h3-6,14,17,21H,7-13H2,1-2H3. The lowest BCUT2D eigenvalue weighted by Crippen LogP contribution is -2.56. The minimum Gasteiger partial charge on any atom is -0.317 e. The van der Waals surface area contributed by atoms with E-state index in [2.05, 4.69) is 31.3 Å². The molecule has 1 N–H and O–H groups in total. The third kappa shape index (κ3) is 2.56. The van der Waals surface area contributed by atoms with Crippen molar-refractivity contribution >= 4 is 11.9 Å². The van der Waals surface area contributed by atoms with Crippen molar-refractivity contribution < 1.29 is 9.59 Å². The first kappa shape index (κ1) is 16.6. The van der Waals surface area contributed by atoms with Crippen LogP contribution in [0.2, 0.25) is 0 Å². The second-order valence-electron chi connectivity index (χ2n) is 8.07. The minimum absolute atomic E-state index is 0.0266. The molecular formula is C20H27N3O2. The number of hydrogen-bond donors (Lipinski definition) is 1. The molecule has 1 aliphatic carbocycles. The molecule has 0 radical (unpaired) electrons. The number of urea groups is 1. The monoisotopic (exact) mass is 341 g/mol. The van der Waals surface area contributed by atoms with Crippen LogP contribution in [-0.4, -0.2) is 53.0 Å². The van der Waals surface area contributed by atoms with Crippen molar-refractivity contribution in [2.75, 3.05) is 19.6 Å². The molecule has 2 saturated heterocycles. The molecule has 5 heteroatoms. The Morgan fingerprint density at radius 1 is 1.12 bits per heavy atom. The van der Waals surface area contributed by atoms with Crippen molar-refractivity contribution in [1.82, 2.24) is 15.1 Å². The lowest BCUT2D eigenvalue weighted by atomic mass is 9.86. The summed E-state index contributed by atoms with van der Waals surface area (Å²) >= 11 is 0. The number of benzene rings is 1. The molecule has 3 amide bonds. The molecule has 2 fully saturated rings. The van der Waals surface area contributed by atoms with E-state index in [1.165, 1.54) is 11.1 Å². The zero-order valence-electron chi connectivity index (χ0n) is 15.1. The van der Waals surface area contributed by atoms with Crippen molar-refractivity contribution in [2.45, 2.75) is 51.1 Å². The number of amides is 3. The van der Waals surface area contributed by atoms with Gasteiger partial charge in [-0.15, -0.1) is 0 Å². The maximum atomic E-state index is 13.5. The Morgan fingerprint density at radius 2 is 1.72 bits per heavy atom. The van der Waals surface area contributed by atoms with Gasteiger partial charge in [0.1, 0.15) is 5.54 Å². The van der Waals surface area contributed by atoms with Gasteiger partial charge in [-0.05, 0) is 55.8 Å². The zero-order chi connectivity index (χ0) is 17.6. The van der Waals surface area contributed by atoms with Crippen LogP contribution in [0.5, 0.6) is 0 Å². The Labute approximate surface area is 149 Å². The highest BCUT2D eigenvalue weighted by Crippen LogP contribution is 2.39. The molecule has 2 heterocycles. The van der Waals surface area contributed by atoms with Gasteiger partial charge < -0.3 is 10.2 Å². The van der Waals surface area contributed by atoms with E-state index in [0.717, 1.165) is 38.8 Å². The molecule has 134 valence electrons. The van der Waals surface area contributed by atoms with Crippen LogP contribution in [0.3, 0.4) is 0 Å². The van der Waals surface area contributed by atoms with E-state index in [1.807, 2.05) is 17.0 Å². The summed E-state index contributed by atoms with van der Waals surface area (Å²) in [6.07, 6.45) is 3.02. The number of hydrogen-bond acceptors (Lipinski definition) is 3. The predicted molar refractivity (Wildman–Crippen MR) is 96.3 cm³/mol. The SMILES string of the molecule is CC(C)CN1C(=O)N(C2Cc3ccccc3C2)C(=O)C12CCNCC2. The quantitative estimate of drug-likeness (QED) is 0.858. The highest BCUT2D eigenvalue weighted by Gasteiger charge is 2.59. The first-order valence-electron chi connectivity index (χ1n) is 9.46. The molecule has 1 spiro atoms. The van der Waals surface area contributed by atoms with Crippen LogP contribution in [0, 0.1) is 5.92 Å². The van der Waals surface area contributed by atoms with Gasteiger partial charge >= 0.3 is 6.03 Å². The summed E-state index contributed by atoms with van der Waals surface area (Å²) in [5, 5.41) is 3.33. The maximum Gasteiger partial charge on any atom is 0.327 e. The number of fused-ring (bicyclic) bond motifs is 1. The first-order valence-corrected chi connectivity index (χ1v) is 9.46. The molecule has 0 saturated carbocycles. The van der Waals surface area contributed by atoms with Gasteiger partial charge in [-0.2, -0.15) is 0 Å². The number of rotatable bonds is 3. The Hall–Kier alpha value is -1.88. The topological polar surface area (TPSA) is 52.7 Å². The van der Waals surface area contributed by atoms with Crippen molar-refractivity contribution in [3.05, 3.63) is 35.4 Å². The molecule has 1 aromatic rings. The summed E-state index contributed by atoms with van der Waals surface area (Å²) in [6.45, 7) is 6.47. The normalized spacial score (nSPS) is 23.2. The molecule has 0 atom stereocenters. The van der Waals surface area contributed by atoms with Gasteiger partial charge in [0.15, 0.2) is 0 Å². The van der Waals surface area contributed by atoms with Gasteiger partial charge in [0.05, 0.1) is 0 Å². The summed E-state index contributed by atoms with van der Waals surface area (Å²) in [5.41, 5.74) is 1.92. The number of imide groups is 1. The second kappa shape index (κ2) is 6.13. The summed E-state index contributed by atoms with van der Waals surface area (Å²) in [7, 11) is 0. The number of nitrogens with one attached hydrogen (secondary N) is 1. The largest absolute Gasteiger partial charge is 0.327 e. The molecule has 3 aliphatic rings. The van der Waals surface area contributed by atoms with Crippen LogP contribution in [0.4, 0.5) is 4.79 Å². The van der Waals surface area contributed by atoms with Gasteiger partial charge in [-0.25, -0.2) is 4.79 Å². The molecule has 1 aromatic carbocycles. The van der Waals surface area contributed by atoms with Gasteiger partial charge in [0, 0.05) is 12.6 Å². The number of piperidine rings is 1. The Kier molecular flexibility index (Phi) is 4.07. The molecule has 5 nitrogen and oxygen atoms in total. The van der Waals surface area contributed by atoms with Crippen molar-refractivity contribution in [3.63, 3.8) is 0 Å². The van der Waals surface area contributed by atoms with E-state index in [-0.39, 0.29) is 18.0 Å². The van der Waals surface area contributed by atoms with Crippen LogP contribution in [0.1, 0.15) is 37.8 Å². The molecule has 25 heavy (non-hydrogen) atoms. The van der Waals surface area contributed by atoms with E-state index < -0.39 is 5.54 Å². The van der Waals surface area contributed by atoms with Gasteiger partial charge in [0.25, 0.3) is 5.91 Å². The minimum atomic E-state index is -0.624. The molecule has 4 rings (SSSR count). The second-order valence-corrected chi connectivity index (χ2v) is 8.07. The molecular weight excluding hydrogens is 314 g/mol. The van der Waals surface area contributed by atoms with Gasteiger partial charge in [-0.1, -0.05) is 38.1 Å². The Bertz CT molecular complexity index is 669. The van der Waals surface area contributed by atoms with Crippen molar-refractivity contribution in [1.29, 1.82) is 0 Å². The van der Waals surface area contributed by atoms with Crippen LogP contribution in [0.15, 0.2) is 24.3 Å². The smallest absolute Gasteiger partial charge is 0.317 e. The van der Waals surface area contributed by atoms with Crippen LogP contribution < -0.4 is 5.32 Å². The van der Waals surface area contributed by atoms with E-state index >= 15 is 0 Å². The number of nitrogens with zero attached hydrogens (tertiary/aromatic N) is 2. The molecule has 2 aliphatic heterocycles. The van der Waals surface area contributed by atoms with Gasteiger partial charge in [-0.3, -0.25) is 9.69 Å². The van der Waals surface area contributed by atoms with Crippen LogP contribution >= 0.6 is 0 Å². The van der Waals surface area contributed by atoms with E-state index in [1.54, 1.807) is 4.90 Å². The van der Waals surface area contributed by atoms with Crippen LogP contribution in [0.25, 0.3) is 0 Å². The summed E-state index contributed by atoms with van der Waals surface area (Å²) < 4.78 is 0. The lowest BCUT2D eigenvalue weighted by Gasteiger charge is -2.39. The Morgan fingerprint density at radius 3 is 2.28 bits per heavy atom. The van der Waals surface area contributed by atoms with Crippen molar-refractivity contribution in [2.24, 2.45) is 5.92 Å². The fourth-order valence-corrected chi connectivity index (χ4v) is 4.72. The van der Waals surface area contributed by atoms with E-state index in [0.29, 0.717) is 12.5 Å². The lowest BCUT2D eigenvalue weighted by molar-refractivity contribution is -0.136. The summed E-state index contributed by atoms with van der Waals surface area (Å²) in [4.78, 5) is 30.2. The number of carbonyl (C=O) groups is 2. The zero-order valence-corrected chi connectivity index (χ0v) is 15.1. The van der Waals surface area contributed by atoms with Gasteiger partial charge in [0.2, 0.25) is 0 Å². The fourth-order valence-electron chi connectivity index (χ4n) is 4.72. The third-order valence-corrected chi connectivity index (χ3v) is 5.94. The molecule has 0 aromatic heterocycles. The molecule has 0 unspecified atom stereocenters. The fraction of sp³-hybridized carbons (Fsp3) is 0.600. The maximum absolute atomic E-state index is 13.5. The summed E-state index contributed by atoms with van der Waals surface area (Å²) in [5.74, 6) is 0.390. The average Bonchev–Trinajstić information content (AvgIpc) is 3.10. The van der Waals surface area contributed by atoms with E-state index in [9.17, 15) is 9.59 Å². The van der Waals surface area contributed by atoms with Crippen LogP contribution in [-0.2, 0) is 17.6 Å². The number of carbonyl (C=O) groups excluding carboxylic acids is 2. The predicted octanol–water partition coefficient (Wildman–Crippen LogP) is 2.20. The highest BCUT2D eigenvalue weighted by atomic mass is 16.2. The molecule has 0 bridgehead atoms. The summed E-state index contributed by atoms with van der Waals surface area (Å²) in [6, 6.07) is 8.21.